The van der Waals surface area contributed by atoms with E-state index in [2.05, 4.69) is 5.43 Å². The van der Waals surface area contributed by atoms with Crippen molar-refractivity contribution in [1.82, 2.24) is 5.43 Å². The van der Waals surface area contributed by atoms with Gasteiger partial charge in [0.25, 0.3) is 0 Å². The van der Waals surface area contributed by atoms with Crippen LogP contribution < -0.4 is 11.3 Å². The minimum atomic E-state index is 0. The van der Waals surface area contributed by atoms with Crippen LogP contribution in [-0.4, -0.2) is 18.2 Å². The van der Waals surface area contributed by atoms with Gasteiger partial charge in [-0.25, -0.2) is 0 Å². The van der Waals surface area contributed by atoms with Gasteiger partial charge >= 0.3 is 0 Å². The van der Waals surface area contributed by atoms with Gasteiger partial charge in [0.1, 0.15) is 0 Å². The van der Waals surface area contributed by atoms with Gasteiger partial charge in [-0.05, 0) is 19.3 Å². The molecule has 0 radical (unpaired) electrons. The molecule has 3 aliphatic rings. The number of nitrogens with one attached hydrogen (secondary N) is 1. The number of hydrogen-bond donors (Lipinski definition) is 2. The van der Waals surface area contributed by atoms with Crippen molar-refractivity contribution in [1.29, 1.82) is 0 Å². The molecule has 11 heavy (non-hydrogen) atoms. The molecule has 0 unspecified atom stereocenters. The van der Waals surface area contributed by atoms with Crippen molar-refractivity contribution in [3.8, 4) is 0 Å². The van der Waals surface area contributed by atoms with Gasteiger partial charge in [-0.15, -0.1) is 24.8 Å². The second-order valence-corrected chi connectivity index (χ2v) is 3.34. The summed E-state index contributed by atoms with van der Waals surface area (Å²) in [6, 6.07) is 0. The molecule has 0 aromatic heterocycles. The zero-order valence-electron chi connectivity index (χ0n) is 6.42. The van der Waals surface area contributed by atoms with Crippen LogP contribution in [0, 0.1) is 0 Å². The highest BCUT2D eigenvalue weighted by Crippen LogP contribution is 2.61. The average molecular weight is 201 g/mol. The van der Waals surface area contributed by atoms with E-state index in [0.717, 1.165) is 19.3 Å². The van der Waals surface area contributed by atoms with Crippen LogP contribution in [0.1, 0.15) is 19.3 Å². The molecule has 3 N–H and O–H groups in total. The van der Waals surface area contributed by atoms with E-state index in [1.807, 2.05) is 0 Å². The maximum atomic E-state index is 5.31. The molecule has 0 spiro atoms. The second-order valence-electron chi connectivity index (χ2n) is 3.34. The van der Waals surface area contributed by atoms with Gasteiger partial charge in [-0.1, -0.05) is 0 Å². The summed E-state index contributed by atoms with van der Waals surface area (Å²) in [5.41, 5.74) is 3.33. The summed E-state index contributed by atoms with van der Waals surface area (Å²) in [5, 5.41) is 0. The molecular formula is C6H14Cl2N2O. The number of hydrazine groups is 1. The van der Waals surface area contributed by atoms with Crippen molar-refractivity contribution in [3.05, 3.63) is 0 Å². The Balaban J connectivity index is 0.000000500. The summed E-state index contributed by atoms with van der Waals surface area (Å²) in [7, 11) is 1.78. The van der Waals surface area contributed by atoms with Crippen LogP contribution in [0.3, 0.4) is 0 Å². The Labute approximate surface area is 78.8 Å². The van der Waals surface area contributed by atoms with E-state index in [1.165, 1.54) is 0 Å². The Hall–Kier alpha value is 0.460. The van der Waals surface area contributed by atoms with E-state index in [-0.39, 0.29) is 36.0 Å². The largest absolute Gasteiger partial charge is 0.378 e. The summed E-state index contributed by atoms with van der Waals surface area (Å²) in [5.74, 6) is 5.31. The second kappa shape index (κ2) is 3.07. The van der Waals surface area contributed by atoms with E-state index in [1.54, 1.807) is 7.11 Å². The van der Waals surface area contributed by atoms with Crippen LogP contribution in [-0.2, 0) is 4.74 Å². The van der Waals surface area contributed by atoms with Crippen molar-refractivity contribution in [2.24, 2.45) is 5.84 Å². The van der Waals surface area contributed by atoms with E-state index >= 15 is 0 Å². The fourth-order valence-corrected chi connectivity index (χ4v) is 2.06. The van der Waals surface area contributed by atoms with Crippen LogP contribution in [0.2, 0.25) is 0 Å². The predicted molar refractivity (Wildman–Crippen MR) is 48.1 cm³/mol. The highest BCUT2D eigenvalue weighted by Gasteiger charge is 2.68. The molecule has 3 fully saturated rings. The maximum Gasteiger partial charge on any atom is 0.0733 e. The fraction of sp³-hybridized carbons (Fsp3) is 1.00. The fourth-order valence-electron chi connectivity index (χ4n) is 2.06. The van der Waals surface area contributed by atoms with Crippen molar-refractivity contribution in [2.45, 2.75) is 30.4 Å². The monoisotopic (exact) mass is 200 g/mol. The minimum absolute atomic E-state index is 0. The molecule has 0 saturated heterocycles. The van der Waals surface area contributed by atoms with Crippen molar-refractivity contribution in [2.75, 3.05) is 7.11 Å². The number of ether oxygens (including phenoxy) is 1. The summed E-state index contributed by atoms with van der Waals surface area (Å²) in [4.78, 5) is 0. The Morgan fingerprint density at radius 1 is 1.27 bits per heavy atom. The predicted octanol–water partition coefficient (Wildman–Crippen LogP) is 0.615. The SMILES string of the molecule is COC12CC(NN)(C1)C2.Cl.Cl. The van der Waals surface area contributed by atoms with Gasteiger partial charge in [-0.3, -0.25) is 11.3 Å². The molecule has 0 heterocycles. The molecule has 3 nitrogen and oxygen atoms in total. The molecule has 2 bridgehead atoms. The Morgan fingerprint density at radius 3 is 2.00 bits per heavy atom. The molecule has 0 aliphatic heterocycles. The molecule has 68 valence electrons. The topological polar surface area (TPSA) is 47.3 Å². The number of halogens is 2. The first-order valence-electron chi connectivity index (χ1n) is 3.27. The first-order valence-corrected chi connectivity index (χ1v) is 3.27. The van der Waals surface area contributed by atoms with E-state index in [9.17, 15) is 0 Å². The molecule has 3 rings (SSSR count). The number of hydrogen-bond acceptors (Lipinski definition) is 3. The van der Waals surface area contributed by atoms with Crippen LogP contribution in [0.4, 0.5) is 0 Å². The molecule has 0 amide bonds. The van der Waals surface area contributed by atoms with Gasteiger partial charge in [0, 0.05) is 12.6 Å². The molecule has 3 saturated carbocycles. The standard InChI is InChI=1S/C6H12N2O.2ClH/c1-9-6-2-5(3-6,4-6)8-7;;/h8H,2-4,7H2,1H3;2*1H. The first-order chi connectivity index (χ1) is 4.24. The van der Waals surface area contributed by atoms with Gasteiger partial charge in [0.2, 0.25) is 0 Å². The van der Waals surface area contributed by atoms with Gasteiger partial charge in [-0.2, -0.15) is 0 Å². The third-order valence-corrected chi connectivity index (χ3v) is 2.72. The number of methoxy groups -OCH3 is 1. The summed E-state index contributed by atoms with van der Waals surface area (Å²) in [6.45, 7) is 0. The zero-order chi connectivity index (χ0) is 6.54. The molecular weight excluding hydrogens is 187 g/mol. The first kappa shape index (κ1) is 11.5. The van der Waals surface area contributed by atoms with Crippen molar-refractivity contribution < 1.29 is 4.74 Å². The van der Waals surface area contributed by atoms with Gasteiger partial charge in [0.05, 0.1) is 5.60 Å². The van der Waals surface area contributed by atoms with E-state index in [0.29, 0.717) is 0 Å². The van der Waals surface area contributed by atoms with Crippen molar-refractivity contribution >= 4 is 24.8 Å². The van der Waals surface area contributed by atoms with Crippen LogP contribution in [0.15, 0.2) is 0 Å². The lowest BCUT2D eigenvalue weighted by Crippen LogP contribution is -2.79. The van der Waals surface area contributed by atoms with Crippen LogP contribution >= 0.6 is 24.8 Å². The van der Waals surface area contributed by atoms with E-state index < -0.39 is 0 Å². The normalized spacial score (nSPS) is 44.2. The lowest BCUT2D eigenvalue weighted by molar-refractivity contribution is -0.238. The Morgan fingerprint density at radius 2 is 1.73 bits per heavy atom. The quantitative estimate of drug-likeness (QED) is 0.508. The summed E-state index contributed by atoms with van der Waals surface area (Å²) in [6.07, 6.45) is 3.31. The Bertz CT molecular complexity index is 120. The molecule has 5 heteroatoms. The number of rotatable bonds is 2. The highest BCUT2D eigenvalue weighted by molar-refractivity contribution is 5.85. The highest BCUT2D eigenvalue weighted by atomic mass is 35.5. The minimum Gasteiger partial charge on any atom is -0.378 e. The van der Waals surface area contributed by atoms with Gasteiger partial charge in [0.15, 0.2) is 0 Å². The lowest BCUT2D eigenvalue weighted by atomic mass is 9.46. The average Bonchev–Trinajstić information content (AvgIpc) is 1.62. The molecule has 0 aromatic rings. The smallest absolute Gasteiger partial charge is 0.0733 e. The Kier molecular flexibility index (Phi) is 3.20. The summed E-state index contributed by atoms with van der Waals surface area (Å²) < 4.78 is 5.27. The lowest BCUT2D eigenvalue weighted by Gasteiger charge is -2.68. The van der Waals surface area contributed by atoms with Crippen LogP contribution in [0.5, 0.6) is 0 Å². The summed E-state index contributed by atoms with van der Waals surface area (Å²) >= 11 is 0. The molecule has 3 aliphatic carbocycles. The third-order valence-electron chi connectivity index (χ3n) is 2.72. The molecule has 0 atom stereocenters. The number of nitrogens with two attached hydrogens (primary N) is 1. The maximum absolute atomic E-state index is 5.31. The third kappa shape index (κ3) is 1.25. The van der Waals surface area contributed by atoms with Gasteiger partial charge < -0.3 is 4.74 Å². The molecule has 0 aromatic carbocycles. The van der Waals surface area contributed by atoms with E-state index in [4.69, 9.17) is 10.6 Å². The van der Waals surface area contributed by atoms with Crippen LogP contribution in [0.25, 0.3) is 0 Å². The van der Waals surface area contributed by atoms with Crippen molar-refractivity contribution in [3.63, 3.8) is 0 Å². The zero-order valence-corrected chi connectivity index (χ0v) is 8.06.